The molecule has 28 heavy (non-hydrogen) atoms. The second-order valence-electron chi connectivity index (χ2n) is 8.92. The number of rotatable bonds is 1. The molecule has 2 atom stereocenters. The monoisotopic (exact) mass is 372 g/mol. The van der Waals surface area contributed by atoms with Crippen LogP contribution in [0.5, 0.6) is 0 Å². The maximum atomic E-state index is 13.7. The lowest BCUT2D eigenvalue weighted by atomic mass is 9.73. The van der Waals surface area contributed by atoms with Crippen LogP contribution in [0.2, 0.25) is 0 Å². The quantitative estimate of drug-likeness (QED) is 0.715. The number of carbonyl (C=O) groups is 1. The number of likely N-dealkylation sites (tertiary alicyclic amines) is 1. The zero-order chi connectivity index (χ0) is 19.5. The zero-order valence-electron chi connectivity index (χ0n) is 17.0. The summed E-state index contributed by atoms with van der Waals surface area (Å²) in [5.41, 5.74) is 5.60. The number of likely N-dealkylation sites (N-methyl/N-ethyl adjacent to an activating group) is 1. The molecule has 1 aliphatic carbocycles. The van der Waals surface area contributed by atoms with E-state index in [4.69, 9.17) is 0 Å². The van der Waals surface area contributed by atoms with E-state index in [-0.39, 0.29) is 11.4 Å². The average Bonchev–Trinajstić information content (AvgIpc) is 3.00. The van der Waals surface area contributed by atoms with Crippen LogP contribution < -0.4 is 4.90 Å². The first kappa shape index (κ1) is 17.7. The highest BCUT2D eigenvalue weighted by Gasteiger charge is 2.60. The summed E-state index contributed by atoms with van der Waals surface area (Å²) < 4.78 is 0. The van der Waals surface area contributed by atoms with Crippen LogP contribution in [0.1, 0.15) is 43.7 Å². The summed E-state index contributed by atoms with van der Waals surface area (Å²) in [5, 5.41) is 0. The van der Waals surface area contributed by atoms with Crippen LogP contribution in [0.3, 0.4) is 0 Å². The largest absolute Gasteiger partial charge is 0.314 e. The topological polar surface area (TPSA) is 23.6 Å². The standard InChI is InChI=1S/C25H28N2O/c1-24-17-25(15-9-10-16-26(25)2)21(18-11-5-4-6-12-18)22(24)19-13-7-8-14-20(19)27(3)23(24)28/h4-8,11-14H,9-10,15-17H2,1-3H3. The summed E-state index contributed by atoms with van der Waals surface area (Å²) in [6.07, 6.45) is 4.44. The van der Waals surface area contributed by atoms with E-state index in [1.807, 2.05) is 18.0 Å². The SMILES string of the molecule is CN1C(=O)C2(C)CC3(CCCCN3C)C(c3ccccc3)=C2c2ccccc21. The molecule has 3 heteroatoms. The molecule has 3 aliphatic rings. The van der Waals surface area contributed by atoms with Crippen molar-refractivity contribution in [1.29, 1.82) is 0 Å². The minimum atomic E-state index is -0.486. The van der Waals surface area contributed by atoms with Crippen molar-refractivity contribution in [2.75, 3.05) is 25.5 Å². The Morgan fingerprint density at radius 3 is 2.36 bits per heavy atom. The van der Waals surface area contributed by atoms with Crippen LogP contribution in [0.25, 0.3) is 11.1 Å². The lowest BCUT2D eigenvalue weighted by molar-refractivity contribution is -0.125. The summed E-state index contributed by atoms with van der Waals surface area (Å²) in [6.45, 7) is 3.27. The van der Waals surface area contributed by atoms with E-state index in [1.54, 1.807) is 0 Å². The van der Waals surface area contributed by atoms with E-state index < -0.39 is 5.41 Å². The number of hydrogen-bond donors (Lipinski definition) is 0. The molecule has 2 heterocycles. The molecule has 0 saturated carbocycles. The molecule has 0 aromatic heterocycles. The molecule has 0 bridgehead atoms. The number of hydrogen-bond acceptors (Lipinski definition) is 2. The molecule has 2 aliphatic heterocycles. The molecule has 0 radical (unpaired) electrons. The van der Waals surface area contributed by atoms with E-state index in [9.17, 15) is 4.79 Å². The maximum Gasteiger partial charge on any atom is 0.237 e. The Labute approximate surface area is 167 Å². The van der Waals surface area contributed by atoms with Crippen molar-refractivity contribution in [3.05, 3.63) is 65.7 Å². The van der Waals surface area contributed by atoms with Gasteiger partial charge in [0.2, 0.25) is 5.91 Å². The van der Waals surface area contributed by atoms with E-state index in [0.29, 0.717) is 0 Å². The van der Waals surface area contributed by atoms with Gasteiger partial charge in [0.15, 0.2) is 0 Å². The third-order valence-electron chi connectivity index (χ3n) is 7.35. The van der Waals surface area contributed by atoms with Gasteiger partial charge in [0.05, 0.1) is 11.1 Å². The van der Waals surface area contributed by atoms with Crippen LogP contribution in [0, 0.1) is 5.41 Å². The van der Waals surface area contributed by atoms with Crippen molar-refractivity contribution in [3.8, 4) is 0 Å². The van der Waals surface area contributed by atoms with Gasteiger partial charge in [-0.05, 0) is 69.0 Å². The van der Waals surface area contributed by atoms with Crippen LogP contribution in [-0.2, 0) is 4.79 Å². The molecule has 2 unspecified atom stereocenters. The van der Waals surface area contributed by atoms with Gasteiger partial charge in [0.25, 0.3) is 0 Å². The molecule has 144 valence electrons. The fourth-order valence-corrected chi connectivity index (χ4v) is 6.07. The first-order valence-electron chi connectivity index (χ1n) is 10.4. The van der Waals surface area contributed by atoms with E-state index in [1.165, 1.54) is 35.1 Å². The number of amides is 1. The molecule has 1 saturated heterocycles. The highest BCUT2D eigenvalue weighted by atomic mass is 16.2. The number of para-hydroxylation sites is 1. The molecule has 1 fully saturated rings. The van der Waals surface area contributed by atoms with Crippen molar-refractivity contribution in [3.63, 3.8) is 0 Å². The van der Waals surface area contributed by atoms with Crippen LogP contribution in [-0.4, -0.2) is 37.0 Å². The molecular formula is C25H28N2O. The van der Waals surface area contributed by atoms with Gasteiger partial charge in [0, 0.05) is 18.2 Å². The number of nitrogens with zero attached hydrogens (tertiary/aromatic N) is 2. The predicted molar refractivity (Wildman–Crippen MR) is 115 cm³/mol. The summed E-state index contributed by atoms with van der Waals surface area (Å²) in [6, 6.07) is 19.2. The minimum absolute atomic E-state index is 0.0718. The zero-order valence-corrected chi connectivity index (χ0v) is 17.0. The fourth-order valence-electron chi connectivity index (χ4n) is 6.07. The van der Waals surface area contributed by atoms with Gasteiger partial charge in [-0.1, -0.05) is 48.5 Å². The van der Waals surface area contributed by atoms with Gasteiger partial charge in [-0.25, -0.2) is 0 Å². The fraction of sp³-hybridized carbons (Fsp3) is 0.400. The molecule has 5 rings (SSSR count). The second-order valence-corrected chi connectivity index (χ2v) is 8.92. The molecule has 0 N–H and O–H groups in total. The van der Waals surface area contributed by atoms with E-state index in [2.05, 4.69) is 67.4 Å². The van der Waals surface area contributed by atoms with Crippen LogP contribution >= 0.6 is 0 Å². The van der Waals surface area contributed by atoms with Crippen molar-refractivity contribution >= 4 is 22.7 Å². The summed E-state index contributed by atoms with van der Waals surface area (Å²) in [5.74, 6) is 0.227. The van der Waals surface area contributed by atoms with Crippen LogP contribution in [0.4, 0.5) is 5.69 Å². The first-order chi connectivity index (χ1) is 13.5. The molecule has 1 amide bonds. The average molecular weight is 373 g/mol. The number of piperidine rings is 1. The molecule has 2 aromatic carbocycles. The molecule has 2 aromatic rings. The summed E-state index contributed by atoms with van der Waals surface area (Å²) in [7, 11) is 4.18. The van der Waals surface area contributed by atoms with E-state index >= 15 is 0 Å². The Kier molecular flexibility index (Phi) is 3.82. The molecular weight excluding hydrogens is 344 g/mol. The third kappa shape index (κ3) is 2.17. The summed E-state index contributed by atoms with van der Waals surface area (Å²) in [4.78, 5) is 18.1. The number of anilines is 1. The smallest absolute Gasteiger partial charge is 0.237 e. The van der Waals surface area contributed by atoms with Gasteiger partial charge in [0.1, 0.15) is 0 Å². The highest BCUT2D eigenvalue weighted by Crippen LogP contribution is 2.63. The van der Waals surface area contributed by atoms with Crippen molar-refractivity contribution < 1.29 is 4.79 Å². The third-order valence-corrected chi connectivity index (χ3v) is 7.35. The highest BCUT2D eigenvalue weighted by molar-refractivity contribution is 6.19. The molecule has 3 nitrogen and oxygen atoms in total. The van der Waals surface area contributed by atoms with Crippen molar-refractivity contribution in [2.24, 2.45) is 5.41 Å². The Bertz CT molecular complexity index is 979. The first-order valence-corrected chi connectivity index (χ1v) is 10.4. The minimum Gasteiger partial charge on any atom is -0.314 e. The van der Waals surface area contributed by atoms with Gasteiger partial charge < -0.3 is 4.90 Å². The Balaban J connectivity index is 1.88. The van der Waals surface area contributed by atoms with Gasteiger partial charge in [-0.2, -0.15) is 0 Å². The number of benzene rings is 2. The normalized spacial score (nSPS) is 30.0. The lowest BCUT2D eigenvalue weighted by Crippen LogP contribution is -2.52. The Morgan fingerprint density at radius 1 is 0.893 bits per heavy atom. The predicted octanol–water partition coefficient (Wildman–Crippen LogP) is 4.84. The maximum absolute atomic E-state index is 13.7. The van der Waals surface area contributed by atoms with Gasteiger partial charge >= 0.3 is 0 Å². The molecule has 1 spiro atoms. The lowest BCUT2D eigenvalue weighted by Gasteiger charge is -2.46. The summed E-state index contributed by atoms with van der Waals surface area (Å²) >= 11 is 0. The van der Waals surface area contributed by atoms with Gasteiger partial charge in [-0.3, -0.25) is 9.69 Å². The Morgan fingerprint density at radius 2 is 1.61 bits per heavy atom. The number of carbonyl (C=O) groups excluding carboxylic acids is 1. The van der Waals surface area contributed by atoms with Crippen LogP contribution in [0.15, 0.2) is 54.6 Å². The number of fused-ring (bicyclic) bond motifs is 3. The Hall–Kier alpha value is -2.39. The van der Waals surface area contributed by atoms with Crippen molar-refractivity contribution in [2.45, 2.75) is 38.1 Å². The van der Waals surface area contributed by atoms with E-state index in [0.717, 1.165) is 25.1 Å². The van der Waals surface area contributed by atoms with Crippen molar-refractivity contribution in [1.82, 2.24) is 4.90 Å². The van der Waals surface area contributed by atoms with Gasteiger partial charge in [-0.15, -0.1) is 0 Å². The second kappa shape index (κ2) is 6.05.